The largest absolute Gasteiger partial charge is 0.302 e. The van der Waals surface area contributed by atoms with Gasteiger partial charge in [0.05, 0.1) is 6.17 Å². The second kappa shape index (κ2) is 33.9. The number of unbranched alkanes of at least 4 members (excludes halogenated alkanes) is 21. The summed E-state index contributed by atoms with van der Waals surface area (Å²) in [5, 5.41) is 3.55. The first kappa shape index (κ1) is 37.1. The lowest BCUT2D eigenvalue weighted by Gasteiger charge is -2.27. The van der Waals surface area contributed by atoms with Crippen LogP contribution in [0.2, 0.25) is 0 Å². The molecule has 0 fully saturated rings. The molecule has 0 aliphatic rings. The van der Waals surface area contributed by atoms with Gasteiger partial charge in [-0.3, -0.25) is 4.90 Å². The molecule has 0 rings (SSSR count). The fraction of sp³-hybridized carbons (Fsp3) is 1.00. The minimum absolute atomic E-state index is 0.534. The molecule has 0 spiro atoms. The summed E-state index contributed by atoms with van der Waals surface area (Å²) in [6.45, 7) is 17.0. The Morgan fingerprint density at radius 2 is 0.657 bits per heavy atom. The van der Waals surface area contributed by atoms with Crippen LogP contribution in [-0.2, 0) is 0 Å². The quantitative estimate of drug-likeness (QED) is 0.0898. The van der Waals surface area contributed by atoms with Crippen molar-refractivity contribution in [3.8, 4) is 0 Å². The molecule has 2 nitrogen and oxygen atoms in total. The molecule has 1 N–H and O–H groups in total. The van der Waals surface area contributed by atoms with E-state index in [1.54, 1.807) is 0 Å². The molecule has 0 saturated heterocycles. The first-order valence-corrected chi connectivity index (χ1v) is 16.6. The summed E-state index contributed by atoms with van der Waals surface area (Å²) in [5.41, 5.74) is 0. The molecular weight excluding hydrogens is 424 g/mol. The Morgan fingerprint density at radius 3 is 0.914 bits per heavy atom. The van der Waals surface area contributed by atoms with Crippen LogP contribution in [0.3, 0.4) is 0 Å². The fourth-order valence-corrected chi connectivity index (χ4v) is 4.91. The van der Waals surface area contributed by atoms with Gasteiger partial charge in [-0.15, -0.1) is 0 Å². The topological polar surface area (TPSA) is 15.3 Å². The summed E-state index contributed by atoms with van der Waals surface area (Å²) in [4.78, 5) is 2.44. The van der Waals surface area contributed by atoms with Crippen LogP contribution in [0.15, 0.2) is 0 Å². The van der Waals surface area contributed by atoms with Gasteiger partial charge in [0.25, 0.3) is 0 Å². The van der Waals surface area contributed by atoms with Crippen molar-refractivity contribution < 1.29 is 0 Å². The Bertz CT molecular complexity index is 320. The van der Waals surface area contributed by atoms with E-state index in [-0.39, 0.29) is 0 Å². The van der Waals surface area contributed by atoms with E-state index >= 15 is 0 Å². The van der Waals surface area contributed by atoms with E-state index in [0.29, 0.717) is 6.17 Å². The summed E-state index contributed by atoms with van der Waals surface area (Å²) in [7, 11) is 0. The zero-order valence-electron chi connectivity index (χ0n) is 25.9. The summed E-state index contributed by atoms with van der Waals surface area (Å²) < 4.78 is 0. The second-order valence-corrected chi connectivity index (χ2v) is 10.9. The van der Waals surface area contributed by atoms with Gasteiger partial charge in [-0.2, -0.15) is 0 Å². The van der Waals surface area contributed by atoms with Gasteiger partial charge in [-0.05, 0) is 33.0 Å². The van der Waals surface area contributed by atoms with Gasteiger partial charge in [-0.1, -0.05) is 176 Å². The Hall–Kier alpha value is -0.0800. The second-order valence-electron chi connectivity index (χ2n) is 10.9. The third-order valence-electron chi connectivity index (χ3n) is 7.54. The maximum absolute atomic E-state index is 3.55. The minimum atomic E-state index is 0.534. The van der Waals surface area contributed by atoms with Gasteiger partial charge in [0, 0.05) is 0 Å². The molecule has 214 valence electrons. The molecule has 0 amide bonds. The van der Waals surface area contributed by atoms with E-state index in [2.05, 4.69) is 51.8 Å². The molecule has 2 heteroatoms. The Kier molecular flexibility index (Phi) is 35.9. The van der Waals surface area contributed by atoms with Crippen molar-refractivity contribution in [3.05, 3.63) is 0 Å². The minimum Gasteiger partial charge on any atom is -0.302 e. The fourth-order valence-electron chi connectivity index (χ4n) is 4.91. The van der Waals surface area contributed by atoms with E-state index in [1.807, 2.05) is 0 Å². The highest BCUT2D eigenvalue weighted by Crippen LogP contribution is 2.14. The van der Waals surface area contributed by atoms with Crippen molar-refractivity contribution in [1.82, 2.24) is 10.2 Å². The number of nitrogens with zero attached hydrogens (tertiary/aromatic N) is 1. The van der Waals surface area contributed by atoms with Crippen LogP contribution in [0.5, 0.6) is 0 Å². The van der Waals surface area contributed by atoms with Crippen LogP contribution in [0.1, 0.15) is 189 Å². The lowest BCUT2D eigenvalue weighted by atomic mass is 10.0. The average Bonchev–Trinajstić information content (AvgIpc) is 2.87. The van der Waals surface area contributed by atoms with Crippen LogP contribution < -0.4 is 5.32 Å². The van der Waals surface area contributed by atoms with Crippen molar-refractivity contribution in [3.63, 3.8) is 0 Å². The van der Waals surface area contributed by atoms with Crippen molar-refractivity contribution >= 4 is 0 Å². The molecule has 0 aromatic rings. The molecule has 35 heavy (non-hydrogen) atoms. The molecule has 0 aliphatic carbocycles. The van der Waals surface area contributed by atoms with E-state index in [9.17, 15) is 0 Å². The van der Waals surface area contributed by atoms with Crippen LogP contribution in [0, 0.1) is 0 Å². The molecular formula is C33H72N2. The number of hydrogen-bond donors (Lipinski definition) is 1. The number of hydrogen-bond acceptors (Lipinski definition) is 2. The number of rotatable bonds is 27. The third-order valence-corrected chi connectivity index (χ3v) is 7.54. The van der Waals surface area contributed by atoms with Gasteiger partial charge in [0.1, 0.15) is 0 Å². The standard InChI is InChI=1S/C22H46.C11H26N2/c1-3-5-7-9-11-13-15-17-19-21-22-20-18-16-14-12-10-8-6-4-2;1-5-8-9-10-12-11(4)13(6-2)7-3/h3-22H2,1-2H3;11-12H,5-10H2,1-4H3. The molecule has 0 radical (unpaired) electrons. The van der Waals surface area contributed by atoms with Crippen molar-refractivity contribution in [2.75, 3.05) is 19.6 Å². The Labute approximate surface area is 225 Å². The van der Waals surface area contributed by atoms with Crippen LogP contribution in [-0.4, -0.2) is 30.7 Å². The predicted octanol–water partition coefficient (Wildman–Crippen LogP) is 11.3. The van der Waals surface area contributed by atoms with Crippen molar-refractivity contribution in [2.24, 2.45) is 0 Å². The highest BCUT2D eigenvalue weighted by molar-refractivity contribution is 4.61. The molecule has 0 heterocycles. The SMILES string of the molecule is CCCCCCCCCCCCCCCCCCCCCC.CCCCCNC(C)N(CC)CC. The van der Waals surface area contributed by atoms with E-state index in [1.165, 1.54) is 148 Å². The van der Waals surface area contributed by atoms with Crippen molar-refractivity contribution in [2.45, 2.75) is 195 Å². The monoisotopic (exact) mass is 497 g/mol. The summed E-state index contributed by atoms with van der Waals surface area (Å²) in [5.74, 6) is 0. The van der Waals surface area contributed by atoms with Gasteiger partial charge < -0.3 is 5.32 Å². The molecule has 1 atom stereocenters. The highest BCUT2D eigenvalue weighted by atomic mass is 15.2. The molecule has 0 aromatic carbocycles. The first-order valence-electron chi connectivity index (χ1n) is 16.6. The molecule has 1 unspecified atom stereocenters. The smallest absolute Gasteiger partial charge is 0.0567 e. The van der Waals surface area contributed by atoms with Gasteiger partial charge in [0.15, 0.2) is 0 Å². The van der Waals surface area contributed by atoms with Crippen LogP contribution in [0.4, 0.5) is 0 Å². The van der Waals surface area contributed by atoms with E-state index in [0.717, 1.165) is 19.6 Å². The summed E-state index contributed by atoms with van der Waals surface area (Å²) in [6.07, 6.45) is 33.9. The molecule has 0 bridgehead atoms. The zero-order chi connectivity index (χ0) is 26.2. The number of nitrogens with one attached hydrogen (secondary N) is 1. The van der Waals surface area contributed by atoms with Gasteiger partial charge in [-0.25, -0.2) is 0 Å². The lowest BCUT2D eigenvalue weighted by molar-refractivity contribution is 0.196. The molecule has 0 aliphatic heterocycles. The highest BCUT2D eigenvalue weighted by Gasteiger charge is 2.07. The van der Waals surface area contributed by atoms with Gasteiger partial charge in [0.2, 0.25) is 0 Å². The maximum atomic E-state index is 3.55. The average molecular weight is 497 g/mol. The normalized spacial score (nSPS) is 12.1. The van der Waals surface area contributed by atoms with E-state index < -0.39 is 0 Å². The summed E-state index contributed by atoms with van der Waals surface area (Å²) in [6, 6.07) is 0. The van der Waals surface area contributed by atoms with Crippen LogP contribution >= 0.6 is 0 Å². The van der Waals surface area contributed by atoms with Crippen LogP contribution in [0.25, 0.3) is 0 Å². The van der Waals surface area contributed by atoms with Gasteiger partial charge >= 0.3 is 0 Å². The summed E-state index contributed by atoms with van der Waals surface area (Å²) >= 11 is 0. The zero-order valence-corrected chi connectivity index (χ0v) is 25.9. The van der Waals surface area contributed by atoms with Crippen molar-refractivity contribution in [1.29, 1.82) is 0 Å². The molecule has 0 saturated carbocycles. The maximum Gasteiger partial charge on any atom is 0.0567 e. The van der Waals surface area contributed by atoms with E-state index in [4.69, 9.17) is 0 Å². The predicted molar refractivity (Wildman–Crippen MR) is 164 cm³/mol. The Morgan fingerprint density at radius 1 is 0.400 bits per heavy atom. The Balaban J connectivity index is 0. The third kappa shape index (κ3) is 31.9. The lowest BCUT2D eigenvalue weighted by Crippen LogP contribution is -2.43. The molecule has 0 aromatic heterocycles. The first-order chi connectivity index (χ1) is 17.2.